The molecule has 6 heteroatoms. The smallest absolute Gasteiger partial charge is 0.338 e. The van der Waals surface area contributed by atoms with Crippen molar-refractivity contribution in [2.24, 2.45) is 0 Å². The highest BCUT2D eigenvalue weighted by atomic mass is 16.5. The van der Waals surface area contributed by atoms with Crippen LogP contribution in [0.3, 0.4) is 0 Å². The molecule has 0 aliphatic heterocycles. The number of hydrogen-bond acceptors (Lipinski definition) is 5. The van der Waals surface area contributed by atoms with Gasteiger partial charge in [-0.1, -0.05) is 18.2 Å². The summed E-state index contributed by atoms with van der Waals surface area (Å²) in [6, 6.07) is 10.1. The summed E-state index contributed by atoms with van der Waals surface area (Å²) >= 11 is 0. The van der Waals surface area contributed by atoms with Gasteiger partial charge in [-0.3, -0.25) is 4.79 Å². The first-order valence-electron chi connectivity index (χ1n) is 6.77. The molecule has 0 radical (unpaired) electrons. The summed E-state index contributed by atoms with van der Waals surface area (Å²) in [5.74, 6) is 0.141. The number of carbonyl (C=O) groups excluding carboxylic acids is 1. The molecule has 0 amide bonds. The van der Waals surface area contributed by atoms with Gasteiger partial charge < -0.3 is 9.26 Å². The van der Waals surface area contributed by atoms with Gasteiger partial charge in [0.1, 0.15) is 12.4 Å². The van der Waals surface area contributed by atoms with Crippen molar-refractivity contribution in [2.75, 3.05) is 0 Å². The Morgan fingerprint density at radius 3 is 2.82 bits per heavy atom. The van der Waals surface area contributed by atoms with E-state index in [1.807, 2.05) is 19.1 Å². The Kier molecular flexibility index (Phi) is 3.50. The third-order valence-electron chi connectivity index (χ3n) is 3.24. The van der Waals surface area contributed by atoms with Crippen LogP contribution in [0.4, 0.5) is 0 Å². The number of fused-ring (bicyclic) bond motifs is 1. The Hall–Kier alpha value is -2.89. The second kappa shape index (κ2) is 5.48. The number of rotatable bonds is 3. The lowest BCUT2D eigenvalue weighted by molar-refractivity contribution is 0.0466. The topological polar surface area (TPSA) is 73.8 Å². The Bertz CT molecular complexity index is 908. The third kappa shape index (κ3) is 2.63. The number of esters is 1. The van der Waals surface area contributed by atoms with Crippen molar-refractivity contribution < 1.29 is 14.1 Å². The van der Waals surface area contributed by atoms with Crippen molar-refractivity contribution in [1.82, 2.24) is 9.56 Å². The molecule has 3 aromatic rings. The Balaban J connectivity index is 1.81. The largest absolute Gasteiger partial charge is 0.456 e. The number of carbonyl (C=O) groups is 1. The minimum absolute atomic E-state index is 0.0663. The zero-order chi connectivity index (χ0) is 15.7. The molecule has 2 aromatic heterocycles. The van der Waals surface area contributed by atoms with Crippen LogP contribution in [0.25, 0.3) is 5.65 Å². The van der Waals surface area contributed by atoms with Gasteiger partial charge in [0.05, 0.1) is 11.3 Å². The maximum Gasteiger partial charge on any atom is 0.338 e. The van der Waals surface area contributed by atoms with E-state index >= 15 is 0 Å². The van der Waals surface area contributed by atoms with E-state index in [1.165, 1.54) is 6.07 Å². The molecule has 6 nitrogen and oxygen atoms in total. The zero-order valence-corrected chi connectivity index (χ0v) is 12.2. The van der Waals surface area contributed by atoms with E-state index in [1.54, 1.807) is 25.1 Å². The molecular weight excluding hydrogens is 284 g/mol. The molecule has 0 bridgehead atoms. The lowest BCUT2D eigenvalue weighted by atomic mass is 10.1. The molecule has 0 aliphatic carbocycles. The summed E-state index contributed by atoms with van der Waals surface area (Å²) in [6.45, 7) is 3.50. The fourth-order valence-electron chi connectivity index (χ4n) is 2.17. The Morgan fingerprint density at radius 1 is 1.27 bits per heavy atom. The predicted molar refractivity (Wildman–Crippen MR) is 78.8 cm³/mol. The fraction of sp³-hybridized carbons (Fsp3) is 0.188. The highest BCUT2D eigenvalue weighted by molar-refractivity contribution is 5.90. The summed E-state index contributed by atoms with van der Waals surface area (Å²) in [4.78, 5) is 28.1. The van der Waals surface area contributed by atoms with E-state index in [0.717, 1.165) is 10.1 Å². The van der Waals surface area contributed by atoms with Gasteiger partial charge in [0, 0.05) is 12.1 Å². The molecule has 0 fully saturated rings. The quantitative estimate of drug-likeness (QED) is 0.693. The minimum Gasteiger partial charge on any atom is -0.456 e. The Labute approximate surface area is 125 Å². The molecule has 2 heterocycles. The molecular formula is C16H14N2O4. The number of benzene rings is 1. The normalized spacial score (nSPS) is 10.8. The van der Waals surface area contributed by atoms with Crippen molar-refractivity contribution in [3.8, 4) is 0 Å². The molecule has 0 unspecified atom stereocenters. The van der Waals surface area contributed by atoms with E-state index in [9.17, 15) is 9.59 Å². The van der Waals surface area contributed by atoms with Crippen molar-refractivity contribution in [3.63, 3.8) is 0 Å². The summed E-state index contributed by atoms with van der Waals surface area (Å²) in [6.07, 6.45) is 0. The van der Waals surface area contributed by atoms with Gasteiger partial charge in [-0.15, -0.1) is 4.57 Å². The van der Waals surface area contributed by atoms with Gasteiger partial charge in [-0.2, -0.15) is 0 Å². The number of aromatic nitrogens is 2. The second-order valence-electron chi connectivity index (χ2n) is 4.98. The van der Waals surface area contributed by atoms with Gasteiger partial charge in [-0.25, -0.2) is 9.78 Å². The first-order valence-corrected chi connectivity index (χ1v) is 6.77. The van der Waals surface area contributed by atoms with Crippen LogP contribution in [0.2, 0.25) is 0 Å². The van der Waals surface area contributed by atoms with Crippen molar-refractivity contribution in [3.05, 3.63) is 69.3 Å². The van der Waals surface area contributed by atoms with Crippen molar-refractivity contribution >= 4 is 11.6 Å². The first kappa shape index (κ1) is 14.1. The van der Waals surface area contributed by atoms with Gasteiger partial charge in [0.25, 0.3) is 5.56 Å². The van der Waals surface area contributed by atoms with Gasteiger partial charge >= 0.3 is 5.97 Å². The van der Waals surface area contributed by atoms with Gasteiger partial charge in [-0.05, 0) is 25.5 Å². The van der Waals surface area contributed by atoms with Crippen LogP contribution in [-0.2, 0) is 11.3 Å². The standard InChI is InChI=1S/C16H14N2O4/c1-10-5-3-4-6-13(10)16(20)21-9-12-8-15(19)18-14(17-12)7-11(2)22-18/h3-8H,9H2,1-2H3. The van der Waals surface area contributed by atoms with Crippen LogP contribution in [-0.4, -0.2) is 15.5 Å². The minimum atomic E-state index is -0.441. The summed E-state index contributed by atoms with van der Waals surface area (Å²) in [5.41, 5.74) is 1.76. The number of ether oxygens (including phenoxy) is 1. The summed E-state index contributed by atoms with van der Waals surface area (Å²) in [7, 11) is 0. The molecule has 0 atom stereocenters. The maximum absolute atomic E-state index is 12.0. The highest BCUT2D eigenvalue weighted by Gasteiger charge is 2.12. The molecule has 0 spiro atoms. The van der Waals surface area contributed by atoms with E-state index < -0.39 is 5.97 Å². The van der Waals surface area contributed by atoms with Crippen LogP contribution in [0.1, 0.15) is 27.4 Å². The average Bonchev–Trinajstić information content (AvgIpc) is 2.86. The zero-order valence-electron chi connectivity index (χ0n) is 12.2. The van der Waals surface area contributed by atoms with Crippen LogP contribution in [0, 0.1) is 13.8 Å². The lowest BCUT2D eigenvalue weighted by Gasteiger charge is -2.06. The molecule has 22 heavy (non-hydrogen) atoms. The first-order chi connectivity index (χ1) is 10.5. The predicted octanol–water partition coefficient (Wildman–Crippen LogP) is 2.26. The summed E-state index contributed by atoms with van der Waals surface area (Å²) < 4.78 is 11.5. The van der Waals surface area contributed by atoms with Crippen LogP contribution in [0.5, 0.6) is 0 Å². The van der Waals surface area contributed by atoms with E-state index in [0.29, 0.717) is 22.7 Å². The maximum atomic E-state index is 12.0. The second-order valence-corrected chi connectivity index (χ2v) is 4.98. The average molecular weight is 298 g/mol. The molecule has 1 aromatic carbocycles. The fourth-order valence-corrected chi connectivity index (χ4v) is 2.17. The Morgan fingerprint density at radius 2 is 2.05 bits per heavy atom. The summed E-state index contributed by atoms with van der Waals surface area (Å²) in [5, 5.41) is 0. The highest BCUT2D eigenvalue weighted by Crippen LogP contribution is 2.10. The SMILES string of the molecule is Cc1cc2nc(COC(=O)c3ccccc3C)cc(=O)n2o1. The van der Waals surface area contributed by atoms with Gasteiger partial charge in [0.15, 0.2) is 5.65 Å². The van der Waals surface area contributed by atoms with Crippen molar-refractivity contribution in [1.29, 1.82) is 0 Å². The number of nitrogens with zero attached hydrogens (tertiary/aromatic N) is 2. The van der Waals surface area contributed by atoms with Gasteiger partial charge in [0.2, 0.25) is 0 Å². The van der Waals surface area contributed by atoms with E-state index in [-0.39, 0.29) is 12.2 Å². The monoisotopic (exact) mass is 298 g/mol. The number of hydrogen-bond donors (Lipinski definition) is 0. The molecule has 0 aliphatic rings. The lowest BCUT2D eigenvalue weighted by Crippen LogP contribution is -2.15. The van der Waals surface area contributed by atoms with Crippen LogP contribution in [0.15, 0.2) is 45.7 Å². The molecule has 112 valence electrons. The van der Waals surface area contributed by atoms with E-state index in [4.69, 9.17) is 9.26 Å². The van der Waals surface area contributed by atoms with E-state index in [2.05, 4.69) is 4.98 Å². The van der Waals surface area contributed by atoms with Crippen LogP contribution < -0.4 is 5.56 Å². The molecule has 0 saturated carbocycles. The molecule has 0 N–H and O–H groups in total. The molecule has 0 saturated heterocycles. The van der Waals surface area contributed by atoms with Crippen molar-refractivity contribution in [2.45, 2.75) is 20.5 Å². The third-order valence-corrected chi connectivity index (χ3v) is 3.24. The van der Waals surface area contributed by atoms with Crippen LogP contribution >= 0.6 is 0 Å². The molecule has 3 rings (SSSR count). The number of aryl methyl sites for hydroxylation is 2.